The van der Waals surface area contributed by atoms with Crippen molar-refractivity contribution in [2.75, 3.05) is 0 Å². The predicted octanol–water partition coefficient (Wildman–Crippen LogP) is 3.27. The standard InChI is InChI=1S/C17H17N3O2S/c1-11-12(2)22-15(19-11)9-18-17(21)14-10-23-16(20-14)8-13-6-4-3-5-7-13/h3-7,10H,8-9H2,1-2H3,(H,18,21). The van der Waals surface area contributed by atoms with E-state index in [1.807, 2.05) is 44.2 Å². The number of hydrogen-bond donors (Lipinski definition) is 1. The van der Waals surface area contributed by atoms with E-state index in [-0.39, 0.29) is 12.5 Å². The highest BCUT2D eigenvalue weighted by Crippen LogP contribution is 2.15. The van der Waals surface area contributed by atoms with Gasteiger partial charge in [0.15, 0.2) is 0 Å². The Kier molecular flexibility index (Phi) is 4.52. The lowest BCUT2D eigenvalue weighted by molar-refractivity contribution is 0.0942. The van der Waals surface area contributed by atoms with Crippen LogP contribution in [0.15, 0.2) is 40.1 Å². The minimum atomic E-state index is -0.214. The fourth-order valence-electron chi connectivity index (χ4n) is 2.13. The van der Waals surface area contributed by atoms with E-state index in [0.717, 1.165) is 22.9 Å². The smallest absolute Gasteiger partial charge is 0.271 e. The van der Waals surface area contributed by atoms with Crippen LogP contribution in [-0.4, -0.2) is 15.9 Å². The van der Waals surface area contributed by atoms with Crippen LogP contribution in [0.5, 0.6) is 0 Å². The molecule has 0 saturated heterocycles. The molecule has 0 atom stereocenters. The number of carbonyl (C=O) groups excluding carboxylic acids is 1. The van der Waals surface area contributed by atoms with E-state index in [2.05, 4.69) is 15.3 Å². The Labute approximate surface area is 138 Å². The number of carbonyl (C=O) groups is 1. The van der Waals surface area contributed by atoms with E-state index in [0.29, 0.717) is 11.6 Å². The van der Waals surface area contributed by atoms with Crippen LogP contribution >= 0.6 is 11.3 Å². The van der Waals surface area contributed by atoms with Crippen molar-refractivity contribution in [2.45, 2.75) is 26.8 Å². The van der Waals surface area contributed by atoms with Gasteiger partial charge in [0.2, 0.25) is 5.89 Å². The molecule has 0 saturated carbocycles. The number of aryl methyl sites for hydroxylation is 2. The van der Waals surface area contributed by atoms with Crippen LogP contribution in [0.25, 0.3) is 0 Å². The second-order valence-electron chi connectivity index (χ2n) is 5.22. The Morgan fingerprint density at radius 1 is 1.22 bits per heavy atom. The maximum absolute atomic E-state index is 12.1. The number of amides is 1. The molecule has 0 unspecified atom stereocenters. The fraction of sp³-hybridized carbons (Fsp3) is 0.235. The summed E-state index contributed by atoms with van der Waals surface area (Å²) < 4.78 is 5.44. The molecule has 3 rings (SSSR count). The Morgan fingerprint density at radius 3 is 2.70 bits per heavy atom. The number of nitrogens with one attached hydrogen (secondary N) is 1. The first-order valence-electron chi connectivity index (χ1n) is 7.31. The molecule has 0 aliphatic rings. The molecule has 23 heavy (non-hydrogen) atoms. The summed E-state index contributed by atoms with van der Waals surface area (Å²) in [6.45, 7) is 3.99. The Bertz CT molecular complexity index is 789. The molecule has 2 heterocycles. The number of rotatable bonds is 5. The SMILES string of the molecule is Cc1nc(CNC(=O)c2csc(Cc3ccccc3)n2)oc1C. The van der Waals surface area contributed by atoms with Gasteiger partial charge in [0.25, 0.3) is 5.91 Å². The zero-order valence-electron chi connectivity index (χ0n) is 13.0. The maximum Gasteiger partial charge on any atom is 0.271 e. The van der Waals surface area contributed by atoms with Gasteiger partial charge in [-0.05, 0) is 19.4 Å². The Morgan fingerprint density at radius 2 is 2.00 bits per heavy atom. The second-order valence-corrected chi connectivity index (χ2v) is 6.16. The molecule has 2 aromatic heterocycles. The summed E-state index contributed by atoms with van der Waals surface area (Å²) in [5, 5.41) is 5.48. The summed E-state index contributed by atoms with van der Waals surface area (Å²) in [6.07, 6.45) is 0.733. The zero-order chi connectivity index (χ0) is 16.2. The highest BCUT2D eigenvalue weighted by molar-refractivity contribution is 7.09. The monoisotopic (exact) mass is 327 g/mol. The molecule has 118 valence electrons. The maximum atomic E-state index is 12.1. The van der Waals surface area contributed by atoms with Crippen LogP contribution in [0, 0.1) is 13.8 Å². The molecular formula is C17H17N3O2S. The minimum Gasteiger partial charge on any atom is -0.444 e. The molecule has 1 amide bonds. The van der Waals surface area contributed by atoms with Crippen molar-refractivity contribution in [2.24, 2.45) is 0 Å². The number of thiazole rings is 1. The number of oxazole rings is 1. The van der Waals surface area contributed by atoms with E-state index in [9.17, 15) is 4.79 Å². The number of benzene rings is 1. The van der Waals surface area contributed by atoms with Crippen molar-refractivity contribution in [3.05, 3.63) is 69.3 Å². The van der Waals surface area contributed by atoms with Gasteiger partial charge < -0.3 is 9.73 Å². The van der Waals surface area contributed by atoms with Gasteiger partial charge in [0, 0.05) is 11.8 Å². The van der Waals surface area contributed by atoms with Crippen LogP contribution in [0.4, 0.5) is 0 Å². The van der Waals surface area contributed by atoms with Crippen LogP contribution in [0.3, 0.4) is 0 Å². The van der Waals surface area contributed by atoms with Gasteiger partial charge in [0.1, 0.15) is 11.5 Å². The summed E-state index contributed by atoms with van der Waals surface area (Å²) in [4.78, 5) is 20.8. The third-order valence-corrected chi connectivity index (χ3v) is 4.30. The topological polar surface area (TPSA) is 68.0 Å². The molecule has 6 heteroatoms. The van der Waals surface area contributed by atoms with Crippen molar-refractivity contribution in [3.63, 3.8) is 0 Å². The van der Waals surface area contributed by atoms with Crippen LogP contribution < -0.4 is 5.32 Å². The van der Waals surface area contributed by atoms with Crippen molar-refractivity contribution < 1.29 is 9.21 Å². The van der Waals surface area contributed by atoms with Crippen molar-refractivity contribution in [3.8, 4) is 0 Å². The number of nitrogens with zero attached hydrogens (tertiary/aromatic N) is 2. The van der Waals surface area contributed by atoms with Crippen molar-refractivity contribution in [1.29, 1.82) is 0 Å². The molecule has 3 aromatic rings. The molecule has 1 N–H and O–H groups in total. The number of aromatic nitrogens is 2. The van der Waals surface area contributed by atoms with Gasteiger partial charge in [-0.3, -0.25) is 4.79 Å². The largest absolute Gasteiger partial charge is 0.444 e. The lowest BCUT2D eigenvalue weighted by atomic mass is 10.2. The molecule has 5 nitrogen and oxygen atoms in total. The van der Waals surface area contributed by atoms with Gasteiger partial charge in [-0.25, -0.2) is 9.97 Å². The highest BCUT2D eigenvalue weighted by atomic mass is 32.1. The van der Waals surface area contributed by atoms with Crippen LogP contribution in [-0.2, 0) is 13.0 Å². The molecule has 0 bridgehead atoms. The quantitative estimate of drug-likeness (QED) is 0.781. The Balaban J connectivity index is 1.60. The molecule has 0 fully saturated rings. The fourth-order valence-corrected chi connectivity index (χ4v) is 2.94. The lowest BCUT2D eigenvalue weighted by Gasteiger charge is -1.99. The second kappa shape index (κ2) is 6.75. The van der Waals surface area contributed by atoms with E-state index >= 15 is 0 Å². The van der Waals surface area contributed by atoms with Gasteiger partial charge in [0.05, 0.1) is 17.2 Å². The molecule has 0 aliphatic heterocycles. The summed E-state index contributed by atoms with van der Waals surface area (Å²) in [6, 6.07) is 10.1. The van der Waals surface area contributed by atoms with Crippen LogP contribution in [0.2, 0.25) is 0 Å². The Hall–Kier alpha value is -2.47. The third kappa shape index (κ3) is 3.84. The lowest BCUT2D eigenvalue weighted by Crippen LogP contribution is -2.23. The average molecular weight is 327 g/mol. The van der Waals surface area contributed by atoms with Crippen LogP contribution in [0.1, 0.15) is 38.4 Å². The van der Waals surface area contributed by atoms with Gasteiger partial charge in [-0.1, -0.05) is 30.3 Å². The van der Waals surface area contributed by atoms with E-state index < -0.39 is 0 Å². The average Bonchev–Trinajstić information content (AvgIpc) is 3.13. The molecule has 0 radical (unpaired) electrons. The predicted molar refractivity (Wildman–Crippen MR) is 88.5 cm³/mol. The highest BCUT2D eigenvalue weighted by Gasteiger charge is 2.12. The minimum absolute atomic E-state index is 0.214. The van der Waals surface area contributed by atoms with Gasteiger partial charge in [-0.2, -0.15) is 0 Å². The first-order valence-corrected chi connectivity index (χ1v) is 8.19. The molecular weight excluding hydrogens is 310 g/mol. The zero-order valence-corrected chi connectivity index (χ0v) is 13.8. The summed E-state index contributed by atoms with van der Waals surface area (Å²) in [5.74, 6) is 1.07. The first-order chi connectivity index (χ1) is 11.1. The van der Waals surface area contributed by atoms with E-state index in [1.165, 1.54) is 16.9 Å². The normalized spacial score (nSPS) is 10.7. The third-order valence-electron chi connectivity index (χ3n) is 3.46. The molecule has 1 aromatic carbocycles. The van der Waals surface area contributed by atoms with Crippen molar-refractivity contribution >= 4 is 17.2 Å². The summed E-state index contributed by atoms with van der Waals surface area (Å²) in [7, 11) is 0. The molecule has 0 aliphatic carbocycles. The summed E-state index contributed by atoms with van der Waals surface area (Å²) in [5.41, 5.74) is 2.45. The van der Waals surface area contributed by atoms with Gasteiger partial charge >= 0.3 is 0 Å². The van der Waals surface area contributed by atoms with E-state index in [4.69, 9.17) is 4.42 Å². The molecule has 0 spiro atoms. The summed E-state index contributed by atoms with van der Waals surface area (Å²) >= 11 is 1.49. The van der Waals surface area contributed by atoms with Crippen molar-refractivity contribution in [1.82, 2.24) is 15.3 Å². The first kappa shape index (κ1) is 15.4. The van der Waals surface area contributed by atoms with E-state index in [1.54, 1.807) is 5.38 Å². The van der Waals surface area contributed by atoms with Gasteiger partial charge in [-0.15, -0.1) is 11.3 Å². The number of hydrogen-bond acceptors (Lipinski definition) is 5.